The zero-order chi connectivity index (χ0) is 29.3. The number of aromatic nitrogens is 1. The van der Waals surface area contributed by atoms with Crippen LogP contribution in [0, 0.1) is 12.3 Å². The molecule has 1 amide bonds. The number of hydrogen-bond acceptors (Lipinski definition) is 6. The van der Waals surface area contributed by atoms with E-state index in [1.165, 1.54) is 12.1 Å². The number of para-hydroxylation sites is 1. The van der Waals surface area contributed by atoms with E-state index in [0.717, 1.165) is 15.4 Å². The average molecular weight is 613 g/mol. The Balaban J connectivity index is 1.40. The van der Waals surface area contributed by atoms with Crippen molar-refractivity contribution in [2.24, 2.45) is 5.73 Å². The van der Waals surface area contributed by atoms with Gasteiger partial charge in [-0.15, -0.1) is 0 Å². The molecule has 1 aliphatic heterocycles. The van der Waals surface area contributed by atoms with E-state index in [9.17, 15) is 13.2 Å². The number of nitrogens with two attached hydrogens (primary N) is 1. The minimum Gasteiger partial charge on any atom is -0.487 e. The van der Waals surface area contributed by atoms with Gasteiger partial charge < -0.3 is 15.8 Å². The third kappa shape index (κ3) is 5.87. The van der Waals surface area contributed by atoms with Gasteiger partial charge in [0.2, 0.25) is 15.9 Å². The van der Waals surface area contributed by atoms with Gasteiger partial charge in [-0.2, -0.15) is 4.31 Å². The summed E-state index contributed by atoms with van der Waals surface area (Å²) in [6.07, 6.45) is 0.839. The first-order chi connectivity index (χ1) is 19.6. The van der Waals surface area contributed by atoms with Gasteiger partial charge in [-0.1, -0.05) is 53.5 Å². The minimum atomic E-state index is -4.18. The summed E-state index contributed by atoms with van der Waals surface area (Å²) in [5.41, 5.74) is 8.20. The topological polar surface area (TPSA) is 138 Å². The fourth-order valence-electron chi connectivity index (χ4n) is 4.80. The summed E-state index contributed by atoms with van der Waals surface area (Å²) in [6, 6.07) is 17.7. The Labute approximate surface area is 247 Å². The highest BCUT2D eigenvalue weighted by Crippen LogP contribution is 2.36. The number of ether oxygens (including phenoxy) is 1. The summed E-state index contributed by atoms with van der Waals surface area (Å²) < 4.78 is 34.9. The smallest absolute Gasteiger partial charge is 0.245 e. The molecule has 1 aliphatic rings. The number of rotatable bonds is 8. The first-order valence-corrected chi connectivity index (χ1v) is 15.0. The van der Waals surface area contributed by atoms with Crippen molar-refractivity contribution < 1.29 is 17.9 Å². The molecule has 1 aromatic heterocycles. The van der Waals surface area contributed by atoms with Crippen molar-refractivity contribution in [3.8, 4) is 5.75 Å². The van der Waals surface area contributed by atoms with Gasteiger partial charge in [0.15, 0.2) is 0 Å². The predicted octanol–water partition coefficient (Wildman–Crippen LogP) is 5.50. The van der Waals surface area contributed by atoms with E-state index >= 15 is 0 Å². The number of nitrogens with one attached hydrogen (secondary N) is 2. The van der Waals surface area contributed by atoms with Gasteiger partial charge in [0, 0.05) is 39.5 Å². The highest BCUT2D eigenvalue weighted by Gasteiger charge is 2.40. The minimum absolute atomic E-state index is 0.0675. The highest BCUT2D eigenvalue weighted by molar-refractivity contribution is 7.89. The molecule has 41 heavy (non-hydrogen) atoms. The Kier molecular flexibility index (Phi) is 8.19. The average Bonchev–Trinajstić information content (AvgIpc) is 3.44. The molecule has 3 aromatic carbocycles. The van der Waals surface area contributed by atoms with Gasteiger partial charge in [0.05, 0.1) is 5.02 Å². The molecule has 12 heteroatoms. The summed E-state index contributed by atoms with van der Waals surface area (Å²) in [7, 11) is -4.18. The van der Waals surface area contributed by atoms with Crippen molar-refractivity contribution in [2.75, 3.05) is 11.9 Å². The number of fused-ring (bicyclic) bond motifs is 1. The summed E-state index contributed by atoms with van der Waals surface area (Å²) >= 11 is 13.1. The molecule has 1 atom stereocenters. The van der Waals surface area contributed by atoms with Crippen LogP contribution in [-0.2, 0) is 21.4 Å². The lowest BCUT2D eigenvalue weighted by molar-refractivity contribution is -0.119. The molecule has 2 heterocycles. The number of sulfonamides is 1. The zero-order valence-corrected chi connectivity index (χ0v) is 24.4. The summed E-state index contributed by atoms with van der Waals surface area (Å²) in [5, 5.41) is 11.4. The number of hydrogen-bond donors (Lipinski definition) is 3. The molecule has 0 saturated carbocycles. The van der Waals surface area contributed by atoms with E-state index in [-0.39, 0.29) is 33.9 Å². The molecule has 212 valence electrons. The van der Waals surface area contributed by atoms with E-state index in [0.29, 0.717) is 40.9 Å². The second-order valence-corrected chi connectivity index (χ2v) is 12.3. The Hall–Kier alpha value is -3.70. The van der Waals surface area contributed by atoms with Crippen LogP contribution >= 0.6 is 23.2 Å². The number of benzene rings is 3. The van der Waals surface area contributed by atoms with E-state index in [2.05, 4.69) is 10.3 Å². The second kappa shape index (κ2) is 11.7. The van der Waals surface area contributed by atoms with Crippen molar-refractivity contribution in [1.29, 1.82) is 5.41 Å². The highest BCUT2D eigenvalue weighted by atomic mass is 35.5. The molecule has 1 unspecified atom stereocenters. The molecule has 4 aromatic rings. The third-order valence-electron chi connectivity index (χ3n) is 6.88. The Morgan fingerprint density at radius 3 is 2.71 bits per heavy atom. The molecule has 1 saturated heterocycles. The number of amides is 1. The van der Waals surface area contributed by atoms with Gasteiger partial charge in [0.1, 0.15) is 34.6 Å². The summed E-state index contributed by atoms with van der Waals surface area (Å²) in [5.74, 6) is -0.119. The quantitative estimate of drug-likeness (QED) is 0.177. The Morgan fingerprint density at radius 1 is 1.15 bits per heavy atom. The van der Waals surface area contributed by atoms with E-state index in [4.69, 9.17) is 39.1 Å². The number of carbonyl (C=O) groups is 1. The normalized spacial score (nSPS) is 15.6. The standard InChI is InChI=1S/C29H27Cl2N5O4S/c1-17-10-11-18-5-3-9-24(27(18)34-17)40-16-21-22(30)12-13-25(26(21)31)41(38,39)36-14-4-8-23(36)29(37)35-20-7-2-6-19(15-20)28(32)33/h2-3,5-7,9-13,15,23H,4,8,14,16H2,1H3,(H3,32,33)(H,35,37). The van der Waals surface area contributed by atoms with Gasteiger partial charge >= 0.3 is 0 Å². The van der Waals surface area contributed by atoms with Crippen molar-refractivity contribution in [3.05, 3.63) is 93.6 Å². The fourth-order valence-corrected chi connectivity index (χ4v) is 7.32. The number of carbonyl (C=O) groups excluding carboxylic acids is 1. The van der Waals surface area contributed by atoms with Crippen LogP contribution < -0.4 is 15.8 Å². The van der Waals surface area contributed by atoms with Gasteiger partial charge in [-0.05, 0) is 56.2 Å². The molecule has 5 rings (SSSR count). The number of aryl methyl sites for hydroxylation is 1. The number of pyridine rings is 1. The molecule has 0 radical (unpaired) electrons. The van der Waals surface area contributed by atoms with Crippen LogP contribution in [0.25, 0.3) is 10.9 Å². The maximum absolute atomic E-state index is 13.8. The molecule has 0 aliphatic carbocycles. The monoisotopic (exact) mass is 611 g/mol. The number of nitrogens with zero attached hydrogens (tertiary/aromatic N) is 2. The van der Waals surface area contributed by atoms with Crippen LogP contribution in [0.3, 0.4) is 0 Å². The van der Waals surface area contributed by atoms with Crippen LogP contribution in [-0.4, -0.2) is 42.0 Å². The lowest BCUT2D eigenvalue weighted by Gasteiger charge is -2.24. The SMILES string of the molecule is Cc1ccc2cccc(OCc3c(Cl)ccc(S(=O)(=O)N4CCCC4C(=O)Nc4cccc(C(=N)N)c4)c3Cl)c2n1. The molecule has 0 bridgehead atoms. The van der Waals surface area contributed by atoms with Crippen molar-refractivity contribution in [1.82, 2.24) is 9.29 Å². The fraction of sp³-hybridized carbons (Fsp3) is 0.207. The van der Waals surface area contributed by atoms with Gasteiger partial charge in [-0.25, -0.2) is 13.4 Å². The second-order valence-electron chi connectivity index (χ2n) is 9.66. The molecule has 4 N–H and O–H groups in total. The Bertz CT molecular complexity index is 1780. The third-order valence-corrected chi connectivity index (χ3v) is 9.73. The van der Waals surface area contributed by atoms with Crippen LogP contribution in [0.5, 0.6) is 5.75 Å². The van der Waals surface area contributed by atoms with Crippen molar-refractivity contribution in [2.45, 2.75) is 37.3 Å². The van der Waals surface area contributed by atoms with Crippen LogP contribution in [0.2, 0.25) is 10.0 Å². The van der Waals surface area contributed by atoms with E-state index in [1.54, 1.807) is 30.3 Å². The molecule has 0 spiro atoms. The van der Waals surface area contributed by atoms with Crippen LogP contribution in [0.1, 0.15) is 29.7 Å². The Morgan fingerprint density at radius 2 is 1.93 bits per heavy atom. The largest absolute Gasteiger partial charge is 0.487 e. The predicted molar refractivity (Wildman–Crippen MR) is 160 cm³/mol. The zero-order valence-electron chi connectivity index (χ0n) is 22.0. The van der Waals surface area contributed by atoms with Gasteiger partial charge in [-0.3, -0.25) is 10.2 Å². The summed E-state index contributed by atoms with van der Waals surface area (Å²) in [6.45, 7) is 1.94. The molecule has 1 fully saturated rings. The molecule has 9 nitrogen and oxygen atoms in total. The maximum Gasteiger partial charge on any atom is 0.245 e. The van der Waals surface area contributed by atoms with Crippen molar-refractivity contribution >= 4 is 61.6 Å². The first-order valence-electron chi connectivity index (χ1n) is 12.8. The lowest BCUT2D eigenvalue weighted by Crippen LogP contribution is -2.43. The van der Waals surface area contributed by atoms with E-state index in [1.807, 2.05) is 31.2 Å². The first kappa shape index (κ1) is 28.8. The van der Waals surface area contributed by atoms with Gasteiger partial charge in [0.25, 0.3) is 0 Å². The summed E-state index contributed by atoms with van der Waals surface area (Å²) in [4.78, 5) is 17.6. The number of anilines is 1. The maximum atomic E-state index is 13.8. The molecular formula is C29H27Cl2N5O4S. The number of halogens is 2. The van der Waals surface area contributed by atoms with Crippen LogP contribution in [0.4, 0.5) is 5.69 Å². The van der Waals surface area contributed by atoms with Crippen LogP contribution in [0.15, 0.2) is 71.6 Å². The lowest BCUT2D eigenvalue weighted by atomic mass is 10.1. The molecular weight excluding hydrogens is 585 g/mol. The number of nitrogen functional groups attached to an aromatic ring is 1. The van der Waals surface area contributed by atoms with E-state index < -0.39 is 22.0 Å². The number of amidine groups is 1. The van der Waals surface area contributed by atoms with Crippen molar-refractivity contribution in [3.63, 3.8) is 0 Å².